The highest BCUT2D eigenvalue weighted by Gasteiger charge is 2.21. The minimum atomic E-state index is -3.54. The van der Waals surface area contributed by atoms with Crippen LogP contribution in [0.2, 0.25) is 0 Å². The second-order valence-electron chi connectivity index (χ2n) is 6.56. The molecule has 1 atom stereocenters. The van der Waals surface area contributed by atoms with Crippen molar-refractivity contribution in [3.05, 3.63) is 36.0 Å². The SMILES string of the molecule is Cc1ccc(S(=O)(=O)NCCN2CCCC[C@H]2C)c2cccnc12. The minimum absolute atomic E-state index is 0.308. The standard InChI is InChI=1S/C18H25N3O2S/c1-14-8-9-17(16-7-5-10-19-18(14)16)24(22,23)20-11-13-21-12-4-3-6-15(21)2/h5,7-10,15,20H,3-4,6,11-13H2,1-2H3/t15-/m1/s1. The third-order valence-electron chi connectivity index (χ3n) is 4.85. The summed E-state index contributed by atoms with van der Waals surface area (Å²) in [4.78, 5) is 6.99. The van der Waals surface area contributed by atoms with Crippen LogP contribution >= 0.6 is 0 Å². The fraction of sp³-hybridized carbons (Fsp3) is 0.500. The number of rotatable bonds is 5. The third-order valence-corrected chi connectivity index (χ3v) is 6.37. The van der Waals surface area contributed by atoms with Gasteiger partial charge < -0.3 is 0 Å². The first kappa shape index (κ1) is 17.3. The molecule has 2 heterocycles. The van der Waals surface area contributed by atoms with Gasteiger partial charge in [0.15, 0.2) is 0 Å². The molecule has 0 unspecified atom stereocenters. The zero-order valence-electron chi connectivity index (χ0n) is 14.3. The fourth-order valence-electron chi connectivity index (χ4n) is 3.41. The van der Waals surface area contributed by atoms with Gasteiger partial charge in [-0.15, -0.1) is 0 Å². The Morgan fingerprint density at radius 1 is 1.29 bits per heavy atom. The summed E-state index contributed by atoms with van der Waals surface area (Å²) in [7, 11) is -3.54. The molecule has 6 heteroatoms. The van der Waals surface area contributed by atoms with E-state index in [0.717, 1.165) is 24.2 Å². The predicted molar refractivity (Wildman–Crippen MR) is 96.6 cm³/mol. The summed E-state index contributed by atoms with van der Waals surface area (Å²) in [6.07, 6.45) is 5.36. The molecular weight excluding hydrogens is 322 g/mol. The number of nitrogens with zero attached hydrogens (tertiary/aromatic N) is 2. The van der Waals surface area contributed by atoms with E-state index in [0.29, 0.717) is 22.9 Å². The van der Waals surface area contributed by atoms with Crippen molar-refractivity contribution in [2.75, 3.05) is 19.6 Å². The number of aryl methyl sites for hydroxylation is 1. The van der Waals surface area contributed by atoms with Crippen LogP contribution in [0.15, 0.2) is 35.4 Å². The number of piperidine rings is 1. The van der Waals surface area contributed by atoms with Crippen molar-refractivity contribution in [1.29, 1.82) is 0 Å². The Bertz CT molecular complexity index is 820. The maximum Gasteiger partial charge on any atom is 0.241 e. The van der Waals surface area contributed by atoms with E-state index in [2.05, 4.69) is 21.5 Å². The Morgan fingerprint density at radius 2 is 2.12 bits per heavy atom. The molecule has 1 aliphatic rings. The summed E-state index contributed by atoms with van der Waals surface area (Å²) in [6.45, 7) is 6.40. The maximum absolute atomic E-state index is 12.7. The van der Waals surface area contributed by atoms with Gasteiger partial charge in [0, 0.05) is 30.7 Å². The topological polar surface area (TPSA) is 62.3 Å². The van der Waals surface area contributed by atoms with E-state index in [1.165, 1.54) is 19.3 Å². The molecule has 3 rings (SSSR count). The monoisotopic (exact) mass is 347 g/mol. The molecule has 0 bridgehead atoms. The molecular formula is C18H25N3O2S. The number of fused-ring (bicyclic) bond motifs is 1. The smallest absolute Gasteiger partial charge is 0.241 e. The summed E-state index contributed by atoms with van der Waals surface area (Å²) in [5.74, 6) is 0. The Morgan fingerprint density at radius 3 is 2.92 bits per heavy atom. The summed E-state index contributed by atoms with van der Waals surface area (Å²) in [5.41, 5.74) is 1.72. The number of nitrogens with one attached hydrogen (secondary N) is 1. The quantitative estimate of drug-likeness (QED) is 0.903. The van der Waals surface area contributed by atoms with E-state index in [1.807, 2.05) is 19.1 Å². The summed E-state index contributed by atoms with van der Waals surface area (Å²) in [5, 5.41) is 0.677. The number of hydrogen-bond donors (Lipinski definition) is 1. The molecule has 130 valence electrons. The van der Waals surface area contributed by atoms with Gasteiger partial charge >= 0.3 is 0 Å². The van der Waals surface area contributed by atoms with Crippen molar-refractivity contribution in [2.45, 2.75) is 44.0 Å². The Kier molecular flexibility index (Phi) is 5.18. The van der Waals surface area contributed by atoms with Crippen LogP contribution in [0.25, 0.3) is 10.9 Å². The van der Waals surface area contributed by atoms with Crippen LogP contribution in [0.1, 0.15) is 31.7 Å². The second-order valence-corrected chi connectivity index (χ2v) is 8.29. The lowest BCUT2D eigenvalue weighted by Crippen LogP contribution is -2.42. The number of hydrogen-bond acceptors (Lipinski definition) is 4. The molecule has 5 nitrogen and oxygen atoms in total. The zero-order valence-corrected chi connectivity index (χ0v) is 15.1. The van der Waals surface area contributed by atoms with Crippen molar-refractivity contribution in [3.63, 3.8) is 0 Å². The van der Waals surface area contributed by atoms with Crippen molar-refractivity contribution < 1.29 is 8.42 Å². The third kappa shape index (κ3) is 3.61. The molecule has 0 spiro atoms. The van der Waals surface area contributed by atoms with Crippen LogP contribution < -0.4 is 4.72 Å². The number of sulfonamides is 1. The molecule has 0 radical (unpaired) electrons. The summed E-state index contributed by atoms with van der Waals surface area (Å²) >= 11 is 0. The highest BCUT2D eigenvalue weighted by Crippen LogP contribution is 2.24. The molecule has 1 aliphatic heterocycles. The molecule has 1 saturated heterocycles. The van der Waals surface area contributed by atoms with Gasteiger partial charge in [-0.1, -0.05) is 12.5 Å². The van der Waals surface area contributed by atoms with E-state index in [4.69, 9.17) is 0 Å². The Balaban J connectivity index is 1.75. The van der Waals surface area contributed by atoms with Gasteiger partial charge in [-0.2, -0.15) is 0 Å². The lowest BCUT2D eigenvalue weighted by molar-refractivity contribution is 0.164. The van der Waals surface area contributed by atoms with Gasteiger partial charge in [0.1, 0.15) is 0 Å². The lowest BCUT2D eigenvalue weighted by Gasteiger charge is -2.33. The van der Waals surface area contributed by atoms with E-state index < -0.39 is 10.0 Å². The minimum Gasteiger partial charge on any atom is -0.299 e. The molecule has 0 amide bonds. The highest BCUT2D eigenvalue weighted by molar-refractivity contribution is 7.89. The first-order chi connectivity index (χ1) is 11.5. The Labute approximate surface area is 144 Å². The molecule has 1 N–H and O–H groups in total. The van der Waals surface area contributed by atoms with Gasteiger partial charge in [0.05, 0.1) is 10.4 Å². The predicted octanol–water partition coefficient (Wildman–Crippen LogP) is 2.70. The number of benzene rings is 1. The van der Waals surface area contributed by atoms with Crippen molar-refractivity contribution in [1.82, 2.24) is 14.6 Å². The van der Waals surface area contributed by atoms with Crippen LogP contribution in [-0.4, -0.2) is 44.0 Å². The summed E-state index contributed by atoms with van der Waals surface area (Å²) in [6, 6.07) is 7.61. The molecule has 1 aromatic heterocycles. The normalized spacial score (nSPS) is 19.7. The van der Waals surface area contributed by atoms with Crippen LogP contribution in [0.4, 0.5) is 0 Å². The average Bonchev–Trinajstić information content (AvgIpc) is 2.57. The molecule has 0 saturated carbocycles. The van der Waals surface area contributed by atoms with Crippen LogP contribution in [0.5, 0.6) is 0 Å². The molecule has 2 aromatic rings. The van der Waals surface area contributed by atoms with Gasteiger partial charge in [-0.3, -0.25) is 9.88 Å². The fourth-order valence-corrected chi connectivity index (χ4v) is 4.63. The Hall–Kier alpha value is -1.50. The highest BCUT2D eigenvalue weighted by atomic mass is 32.2. The number of likely N-dealkylation sites (tertiary alicyclic amines) is 1. The molecule has 1 fully saturated rings. The van der Waals surface area contributed by atoms with Crippen molar-refractivity contribution >= 4 is 20.9 Å². The van der Waals surface area contributed by atoms with Crippen LogP contribution in [0, 0.1) is 6.92 Å². The molecule has 24 heavy (non-hydrogen) atoms. The van der Waals surface area contributed by atoms with Crippen LogP contribution in [0.3, 0.4) is 0 Å². The second kappa shape index (κ2) is 7.17. The van der Waals surface area contributed by atoms with Gasteiger partial charge in [0.2, 0.25) is 10.0 Å². The van der Waals surface area contributed by atoms with Crippen molar-refractivity contribution in [3.8, 4) is 0 Å². The van der Waals surface area contributed by atoms with E-state index >= 15 is 0 Å². The number of pyridine rings is 1. The average molecular weight is 347 g/mol. The zero-order chi connectivity index (χ0) is 17.2. The van der Waals surface area contributed by atoms with Crippen molar-refractivity contribution in [2.24, 2.45) is 0 Å². The lowest BCUT2D eigenvalue weighted by atomic mass is 10.0. The molecule has 1 aromatic carbocycles. The van der Waals surface area contributed by atoms with Crippen LogP contribution in [-0.2, 0) is 10.0 Å². The molecule has 0 aliphatic carbocycles. The first-order valence-corrected chi connectivity index (χ1v) is 10.1. The largest absolute Gasteiger partial charge is 0.299 e. The summed E-state index contributed by atoms with van der Waals surface area (Å²) < 4.78 is 28.2. The van der Waals surface area contributed by atoms with Gasteiger partial charge in [-0.05, 0) is 57.0 Å². The van der Waals surface area contributed by atoms with Gasteiger partial charge in [0.25, 0.3) is 0 Å². The first-order valence-electron chi connectivity index (χ1n) is 8.57. The van der Waals surface area contributed by atoms with E-state index in [1.54, 1.807) is 18.3 Å². The van der Waals surface area contributed by atoms with E-state index in [9.17, 15) is 8.42 Å². The van der Waals surface area contributed by atoms with Gasteiger partial charge in [-0.25, -0.2) is 13.1 Å². The maximum atomic E-state index is 12.7. The number of aromatic nitrogens is 1. The van der Waals surface area contributed by atoms with E-state index in [-0.39, 0.29) is 0 Å².